The van der Waals surface area contributed by atoms with Crippen LogP contribution in [0.5, 0.6) is 0 Å². The van der Waals surface area contributed by atoms with E-state index in [1.165, 1.54) is 0 Å². The second-order valence-electron chi connectivity index (χ2n) is 0.815. The topological polar surface area (TPSA) is 115 Å². The standard InChI is InChI=1S/C2H8N2.HNO3.Pd/c3-1-2-4;2-1(3)4;/h1-4H2;(H,2,3,4);/q;;+2. The molecule has 5 N–H and O–H groups in total. The first-order valence-corrected chi connectivity index (χ1v) is 1.88. The van der Waals surface area contributed by atoms with Gasteiger partial charge in [-0.1, -0.05) is 0 Å². The molecule has 0 radical (unpaired) electrons. The molecule has 58 valence electrons. The summed E-state index contributed by atoms with van der Waals surface area (Å²) in [5.41, 5.74) is 9.81. The molecule has 0 aliphatic rings. The molecule has 0 amide bonds. The summed E-state index contributed by atoms with van der Waals surface area (Å²) >= 11 is 0. The second-order valence-corrected chi connectivity index (χ2v) is 0.815. The quantitative estimate of drug-likeness (QED) is 0.289. The molecule has 0 aromatic carbocycles. The van der Waals surface area contributed by atoms with Gasteiger partial charge in [0.15, 0.2) is 0 Å². The third-order valence-electron chi connectivity index (χ3n) is 0.167. The van der Waals surface area contributed by atoms with Gasteiger partial charge in [0.1, 0.15) is 0 Å². The number of rotatable bonds is 1. The Labute approximate surface area is 66.0 Å². The Kier molecular flexibility index (Phi) is 27.7. The number of nitrogens with zero attached hydrogens (tertiary/aromatic N) is 1. The Morgan fingerprint density at radius 1 is 1.44 bits per heavy atom. The third-order valence-corrected chi connectivity index (χ3v) is 0.167. The Hall–Kier alpha value is -0.218. The fraction of sp³-hybridized carbons (Fsp3) is 1.00. The van der Waals surface area contributed by atoms with E-state index in [0.717, 1.165) is 0 Å². The zero-order valence-corrected chi connectivity index (χ0v) is 6.15. The van der Waals surface area contributed by atoms with E-state index in [-0.39, 0.29) is 20.4 Å². The van der Waals surface area contributed by atoms with Crippen molar-refractivity contribution in [2.24, 2.45) is 11.5 Å². The summed E-state index contributed by atoms with van der Waals surface area (Å²) in [4.78, 5) is 8.36. The van der Waals surface area contributed by atoms with E-state index in [4.69, 9.17) is 26.8 Å². The molecular weight excluding hydrogens is 220 g/mol. The summed E-state index contributed by atoms with van der Waals surface area (Å²) in [7, 11) is 0. The molecule has 0 bridgehead atoms. The Balaban J connectivity index is -0.0000000720. The van der Waals surface area contributed by atoms with Gasteiger partial charge in [-0.25, -0.2) is 0 Å². The summed E-state index contributed by atoms with van der Waals surface area (Å²) < 4.78 is 0. The third kappa shape index (κ3) is 425. The van der Waals surface area contributed by atoms with E-state index in [0.29, 0.717) is 13.1 Å². The van der Waals surface area contributed by atoms with Crippen molar-refractivity contribution >= 4 is 0 Å². The van der Waals surface area contributed by atoms with Crippen LogP contribution in [-0.4, -0.2) is 23.4 Å². The largest absolute Gasteiger partial charge is 2.00 e. The van der Waals surface area contributed by atoms with Gasteiger partial charge in [0, 0.05) is 13.1 Å². The molecule has 0 aliphatic carbocycles. The van der Waals surface area contributed by atoms with Crippen molar-refractivity contribution in [3.63, 3.8) is 0 Å². The number of hydrogen-bond donors (Lipinski definition) is 3. The van der Waals surface area contributed by atoms with Crippen molar-refractivity contribution in [3.05, 3.63) is 10.1 Å². The van der Waals surface area contributed by atoms with Crippen LogP contribution in [-0.2, 0) is 20.4 Å². The van der Waals surface area contributed by atoms with E-state index in [2.05, 4.69) is 0 Å². The summed E-state index contributed by atoms with van der Waals surface area (Å²) in [6, 6.07) is 0. The van der Waals surface area contributed by atoms with Crippen LogP contribution >= 0.6 is 0 Å². The van der Waals surface area contributed by atoms with E-state index >= 15 is 0 Å². The average molecular weight is 230 g/mol. The van der Waals surface area contributed by atoms with Crippen LogP contribution in [0.1, 0.15) is 0 Å². The maximum atomic E-state index is 8.36. The Morgan fingerprint density at radius 2 is 1.56 bits per heavy atom. The summed E-state index contributed by atoms with van der Waals surface area (Å²) in [5.74, 6) is 0. The van der Waals surface area contributed by atoms with Gasteiger partial charge in [-0.15, -0.1) is 10.1 Å². The van der Waals surface area contributed by atoms with Crippen molar-refractivity contribution in [1.82, 2.24) is 0 Å². The van der Waals surface area contributed by atoms with Crippen LogP contribution < -0.4 is 11.5 Å². The van der Waals surface area contributed by atoms with Gasteiger partial charge >= 0.3 is 20.4 Å². The zero-order valence-electron chi connectivity index (χ0n) is 4.60. The van der Waals surface area contributed by atoms with E-state index in [9.17, 15) is 0 Å². The van der Waals surface area contributed by atoms with Crippen LogP contribution in [0.25, 0.3) is 0 Å². The maximum Gasteiger partial charge on any atom is 2.00 e. The SMILES string of the molecule is NCCN.O=[N+]([O-])O.[Pd+2]. The number of nitrogens with two attached hydrogens (primary N) is 2. The van der Waals surface area contributed by atoms with Gasteiger partial charge in [-0.2, -0.15) is 0 Å². The minimum atomic E-state index is -1.50. The van der Waals surface area contributed by atoms with Crippen LogP contribution in [0.3, 0.4) is 0 Å². The van der Waals surface area contributed by atoms with Gasteiger partial charge in [0.25, 0.3) is 5.09 Å². The molecule has 0 rings (SSSR count). The van der Waals surface area contributed by atoms with Crippen LogP contribution in [0.4, 0.5) is 0 Å². The normalized spacial score (nSPS) is 6.00. The zero-order chi connectivity index (χ0) is 6.99. The molecule has 0 atom stereocenters. The minimum absolute atomic E-state index is 0. The molecular formula is C2H9N3O3Pd+2. The van der Waals surface area contributed by atoms with Gasteiger partial charge < -0.3 is 16.7 Å². The summed E-state index contributed by atoms with van der Waals surface area (Å²) in [6.07, 6.45) is 0. The molecule has 0 fully saturated rings. The maximum absolute atomic E-state index is 8.36. The van der Waals surface area contributed by atoms with Gasteiger partial charge in [0.05, 0.1) is 0 Å². The minimum Gasteiger partial charge on any atom is -0.329 e. The Morgan fingerprint density at radius 3 is 1.56 bits per heavy atom. The van der Waals surface area contributed by atoms with Crippen LogP contribution in [0.2, 0.25) is 0 Å². The molecule has 6 nitrogen and oxygen atoms in total. The molecule has 0 heterocycles. The van der Waals surface area contributed by atoms with Crippen molar-refractivity contribution in [2.75, 3.05) is 13.1 Å². The van der Waals surface area contributed by atoms with Gasteiger partial charge in [0.2, 0.25) is 0 Å². The molecule has 0 aliphatic heterocycles. The molecule has 0 saturated carbocycles. The fourth-order valence-corrected chi connectivity index (χ4v) is 0. The van der Waals surface area contributed by atoms with Crippen LogP contribution in [0.15, 0.2) is 0 Å². The smallest absolute Gasteiger partial charge is 0.329 e. The fourth-order valence-electron chi connectivity index (χ4n) is 0. The molecule has 0 unspecified atom stereocenters. The second kappa shape index (κ2) is 15.7. The van der Waals surface area contributed by atoms with Crippen molar-refractivity contribution in [1.29, 1.82) is 0 Å². The number of hydrogen-bond acceptors (Lipinski definition) is 4. The van der Waals surface area contributed by atoms with Gasteiger partial charge in [-0.3, -0.25) is 0 Å². The first-order valence-electron chi connectivity index (χ1n) is 1.88. The van der Waals surface area contributed by atoms with Crippen molar-refractivity contribution in [3.8, 4) is 0 Å². The van der Waals surface area contributed by atoms with E-state index in [1.807, 2.05) is 0 Å². The predicted octanol–water partition coefficient (Wildman–Crippen LogP) is -1.45. The molecule has 0 aromatic rings. The first kappa shape index (κ1) is 15.9. The monoisotopic (exact) mass is 229 g/mol. The van der Waals surface area contributed by atoms with Gasteiger partial charge in [-0.05, 0) is 0 Å². The molecule has 0 saturated heterocycles. The van der Waals surface area contributed by atoms with Crippen LogP contribution in [0, 0.1) is 10.1 Å². The molecule has 0 spiro atoms. The average Bonchev–Trinajstić information content (AvgIpc) is 1.65. The summed E-state index contributed by atoms with van der Waals surface area (Å²) in [6.45, 7) is 1.19. The van der Waals surface area contributed by atoms with E-state index in [1.54, 1.807) is 0 Å². The Bertz CT molecular complexity index is 55.0. The molecule has 9 heavy (non-hydrogen) atoms. The predicted molar refractivity (Wildman–Crippen MR) is 26.9 cm³/mol. The molecule has 0 aromatic heterocycles. The first-order chi connectivity index (χ1) is 3.65. The summed E-state index contributed by atoms with van der Waals surface area (Å²) in [5, 5.41) is 13.6. The van der Waals surface area contributed by atoms with E-state index < -0.39 is 5.09 Å². The van der Waals surface area contributed by atoms with Crippen molar-refractivity contribution < 1.29 is 30.7 Å². The van der Waals surface area contributed by atoms with Crippen molar-refractivity contribution in [2.45, 2.75) is 0 Å². The molecule has 7 heteroatoms.